The summed E-state index contributed by atoms with van der Waals surface area (Å²) in [5, 5.41) is 0. The summed E-state index contributed by atoms with van der Waals surface area (Å²) in [5.74, 6) is 3.66. The van der Waals surface area contributed by atoms with Crippen LogP contribution in [-0.4, -0.2) is 26.2 Å². The van der Waals surface area contributed by atoms with Gasteiger partial charge < -0.3 is 18.9 Å². The van der Waals surface area contributed by atoms with Gasteiger partial charge >= 0.3 is 0 Å². The number of hydrogen-bond acceptors (Lipinski definition) is 5. The standard InChI is InChI=1S/C25H27NO4/c1-17-7-5-6-8-18(17)14-26-15-19-9-10-21(27-2)12-22(19)30-23-13-25(29-4)24(28-3)11-20(23)16-26/h5-13H,14-16H2,1-4H3. The van der Waals surface area contributed by atoms with Crippen LogP contribution in [0.3, 0.4) is 0 Å². The van der Waals surface area contributed by atoms with Crippen LogP contribution < -0.4 is 18.9 Å². The van der Waals surface area contributed by atoms with Crippen molar-refractivity contribution >= 4 is 0 Å². The second kappa shape index (κ2) is 8.67. The third-order valence-corrected chi connectivity index (χ3v) is 5.50. The fraction of sp³-hybridized carbons (Fsp3) is 0.280. The molecule has 0 amide bonds. The molecule has 0 spiro atoms. The molecule has 1 heterocycles. The van der Waals surface area contributed by atoms with Crippen molar-refractivity contribution in [3.63, 3.8) is 0 Å². The number of fused-ring (bicyclic) bond motifs is 2. The van der Waals surface area contributed by atoms with Crippen LogP contribution in [0.15, 0.2) is 54.6 Å². The van der Waals surface area contributed by atoms with Gasteiger partial charge in [0.25, 0.3) is 0 Å². The topological polar surface area (TPSA) is 40.2 Å². The fourth-order valence-electron chi connectivity index (χ4n) is 3.80. The molecular formula is C25H27NO4. The lowest BCUT2D eigenvalue weighted by Gasteiger charge is -2.29. The minimum absolute atomic E-state index is 0.645. The maximum Gasteiger partial charge on any atom is 0.164 e. The van der Waals surface area contributed by atoms with E-state index in [0.717, 1.165) is 48.0 Å². The minimum atomic E-state index is 0.645. The zero-order chi connectivity index (χ0) is 21.1. The molecule has 4 rings (SSSR count). The van der Waals surface area contributed by atoms with E-state index in [-0.39, 0.29) is 0 Å². The molecule has 0 N–H and O–H groups in total. The highest BCUT2D eigenvalue weighted by atomic mass is 16.5. The molecule has 3 aromatic rings. The minimum Gasteiger partial charge on any atom is -0.497 e. The van der Waals surface area contributed by atoms with Gasteiger partial charge in [-0.2, -0.15) is 0 Å². The highest BCUT2D eigenvalue weighted by Gasteiger charge is 2.22. The Morgan fingerprint density at radius 1 is 0.800 bits per heavy atom. The second-order valence-electron chi connectivity index (χ2n) is 7.46. The lowest BCUT2D eigenvalue weighted by molar-refractivity contribution is 0.234. The van der Waals surface area contributed by atoms with E-state index in [2.05, 4.69) is 42.2 Å². The zero-order valence-electron chi connectivity index (χ0n) is 17.9. The molecule has 5 nitrogen and oxygen atoms in total. The molecule has 0 radical (unpaired) electrons. The van der Waals surface area contributed by atoms with Crippen molar-refractivity contribution in [3.05, 3.63) is 76.9 Å². The Morgan fingerprint density at radius 2 is 1.50 bits per heavy atom. The molecule has 156 valence electrons. The van der Waals surface area contributed by atoms with Gasteiger partial charge in [-0.1, -0.05) is 30.3 Å². The predicted molar refractivity (Wildman–Crippen MR) is 117 cm³/mol. The summed E-state index contributed by atoms with van der Waals surface area (Å²) >= 11 is 0. The Bertz CT molecular complexity index is 1050. The molecule has 1 aliphatic heterocycles. The summed E-state index contributed by atoms with van der Waals surface area (Å²) < 4.78 is 22.8. The van der Waals surface area contributed by atoms with Crippen LogP contribution in [0.25, 0.3) is 0 Å². The Kier molecular flexibility index (Phi) is 5.81. The van der Waals surface area contributed by atoms with Gasteiger partial charge in [0.05, 0.1) is 21.3 Å². The average molecular weight is 405 g/mol. The summed E-state index contributed by atoms with van der Waals surface area (Å²) in [6.45, 7) is 4.49. The van der Waals surface area contributed by atoms with E-state index in [0.29, 0.717) is 11.5 Å². The molecule has 0 atom stereocenters. The monoisotopic (exact) mass is 405 g/mol. The summed E-state index contributed by atoms with van der Waals surface area (Å²) in [4.78, 5) is 2.42. The number of ether oxygens (including phenoxy) is 4. The zero-order valence-corrected chi connectivity index (χ0v) is 17.9. The molecule has 0 aliphatic carbocycles. The Hall–Kier alpha value is -3.18. The van der Waals surface area contributed by atoms with Crippen LogP contribution in [0, 0.1) is 6.92 Å². The number of aryl methyl sites for hydroxylation is 1. The van der Waals surface area contributed by atoms with Crippen LogP contribution in [0.1, 0.15) is 22.3 Å². The number of methoxy groups -OCH3 is 3. The van der Waals surface area contributed by atoms with Gasteiger partial charge in [0, 0.05) is 42.9 Å². The molecular weight excluding hydrogens is 378 g/mol. The molecule has 0 unspecified atom stereocenters. The summed E-state index contributed by atoms with van der Waals surface area (Å²) in [5.41, 5.74) is 4.77. The highest BCUT2D eigenvalue weighted by molar-refractivity contribution is 5.54. The van der Waals surface area contributed by atoms with E-state index in [1.54, 1.807) is 21.3 Å². The van der Waals surface area contributed by atoms with Gasteiger partial charge in [0.15, 0.2) is 11.5 Å². The first-order chi connectivity index (χ1) is 14.6. The smallest absolute Gasteiger partial charge is 0.164 e. The summed E-state index contributed by atoms with van der Waals surface area (Å²) in [6.07, 6.45) is 0. The number of nitrogens with zero attached hydrogens (tertiary/aromatic N) is 1. The van der Waals surface area contributed by atoms with Gasteiger partial charge in [-0.15, -0.1) is 0 Å². The molecule has 0 fully saturated rings. The van der Waals surface area contributed by atoms with Crippen molar-refractivity contribution < 1.29 is 18.9 Å². The Balaban J connectivity index is 1.79. The van der Waals surface area contributed by atoms with E-state index in [9.17, 15) is 0 Å². The van der Waals surface area contributed by atoms with E-state index < -0.39 is 0 Å². The van der Waals surface area contributed by atoms with E-state index in [1.807, 2.05) is 24.3 Å². The van der Waals surface area contributed by atoms with Gasteiger partial charge in [0.2, 0.25) is 0 Å². The van der Waals surface area contributed by atoms with Gasteiger partial charge in [-0.3, -0.25) is 4.90 Å². The Labute approximate surface area is 177 Å². The predicted octanol–water partition coefficient (Wildman–Crippen LogP) is 5.33. The van der Waals surface area contributed by atoms with E-state index >= 15 is 0 Å². The summed E-state index contributed by atoms with van der Waals surface area (Å²) in [6, 6.07) is 18.4. The second-order valence-corrected chi connectivity index (χ2v) is 7.46. The summed E-state index contributed by atoms with van der Waals surface area (Å²) in [7, 11) is 4.95. The molecule has 30 heavy (non-hydrogen) atoms. The van der Waals surface area contributed by atoms with E-state index in [1.165, 1.54) is 11.1 Å². The van der Waals surface area contributed by atoms with Crippen LogP contribution in [0.5, 0.6) is 28.7 Å². The van der Waals surface area contributed by atoms with Crippen molar-refractivity contribution in [1.82, 2.24) is 4.90 Å². The average Bonchev–Trinajstić information content (AvgIpc) is 2.75. The third-order valence-electron chi connectivity index (χ3n) is 5.50. The first kappa shape index (κ1) is 20.1. The molecule has 1 aliphatic rings. The van der Waals surface area contributed by atoms with Crippen molar-refractivity contribution in [2.75, 3.05) is 21.3 Å². The van der Waals surface area contributed by atoms with Crippen molar-refractivity contribution in [2.45, 2.75) is 26.6 Å². The lowest BCUT2D eigenvalue weighted by Crippen LogP contribution is -2.24. The molecule has 0 saturated heterocycles. The van der Waals surface area contributed by atoms with Crippen LogP contribution >= 0.6 is 0 Å². The molecule has 0 bridgehead atoms. The lowest BCUT2D eigenvalue weighted by atomic mass is 10.1. The van der Waals surface area contributed by atoms with Crippen molar-refractivity contribution in [1.29, 1.82) is 0 Å². The number of rotatable bonds is 5. The molecule has 0 aromatic heterocycles. The number of benzene rings is 3. The normalized spacial score (nSPS) is 13.3. The van der Waals surface area contributed by atoms with Crippen LogP contribution in [0.2, 0.25) is 0 Å². The van der Waals surface area contributed by atoms with Gasteiger partial charge in [-0.25, -0.2) is 0 Å². The van der Waals surface area contributed by atoms with Gasteiger partial charge in [0.1, 0.15) is 17.2 Å². The van der Waals surface area contributed by atoms with Crippen LogP contribution in [-0.2, 0) is 19.6 Å². The highest BCUT2D eigenvalue weighted by Crippen LogP contribution is 2.41. The maximum absolute atomic E-state index is 6.35. The Morgan fingerprint density at radius 3 is 2.23 bits per heavy atom. The SMILES string of the molecule is COc1ccc2c(c1)Oc1cc(OC)c(OC)cc1CN(Cc1ccccc1C)C2. The molecule has 0 saturated carbocycles. The fourth-order valence-corrected chi connectivity index (χ4v) is 3.80. The quantitative estimate of drug-likeness (QED) is 0.574. The third kappa shape index (κ3) is 4.07. The molecule has 3 aromatic carbocycles. The van der Waals surface area contributed by atoms with Crippen molar-refractivity contribution in [3.8, 4) is 28.7 Å². The van der Waals surface area contributed by atoms with E-state index in [4.69, 9.17) is 18.9 Å². The first-order valence-corrected chi connectivity index (χ1v) is 9.97. The van der Waals surface area contributed by atoms with Crippen molar-refractivity contribution in [2.24, 2.45) is 0 Å². The van der Waals surface area contributed by atoms with Crippen LogP contribution in [0.4, 0.5) is 0 Å². The maximum atomic E-state index is 6.35. The van der Waals surface area contributed by atoms with Gasteiger partial charge in [-0.05, 0) is 30.2 Å². The first-order valence-electron chi connectivity index (χ1n) is 9.97. The number of hydrogen-bond donors (Lipinski definition) is 0. The largest absolute Gasteiger partial charge is 0.497 e. The molecule has 5 heteroatoms.